The molecule has 0 saturated heterocycles. The molecule has 0 aliphatic rings. The maximum Gasteiger partial charge on any atom is 0.251 e. The van der Waals surface area contributed by atoms with Gasteiger partial charge in [-0.15, -0.1) is 0 Å². The minimum Gasteiger partial charge on any atom is -0.348 e. The number of carbonyl (C=O) groups excluding carboxylic acids is 1. The summed E-state index contributed by atoms with van der Waals surface area (Å²) in [5.41, 5.74) is 1.98. The molecule has 33 heavy (non-hydrogen) atoms. The smallest absolute Gasteiger partial charge is 0.251 e. The average molecular weight is 488 g/mol. The van der Waals surface area contributed by atoms with Gasteiger partial charge in [0.05, 0.1) is 11.6 Å². The molecule has 0 fully saturated rings. The second-order valence-electron chi connectivity index (χ2n) is 7.40. The summed E-state index contributed by atoms with van der Waals surface area (Å²) in [4.78, 5) is 24.4. The molecule has 1 heterocycles. The van der Waals surface area contributed by atoms with E-state index in [0.717, 1.165) is 11.1 Å². The van der Waals surface area contributed by atoms with Crippen molar-refractivity contribution in [1.82, 2.24) is 14.2 Å². The molecule has 174 valence electrons. The van der Waals surface area contributed by atoms with Crippen LogP contribution in [0.3, 0.4) is 0 Å². The Balaban J connectivity index is 1.69. The largest absolute Gasteiger partial charge is 0.348 e. The number of rotatable bonds is 9. The Kier molecular flexibility index (Phi) is 8.07. The zero-order valence-corrected chi connectivity index (χ0v) is 20.1. The first-order valence-corrected chi connectivity index (χ1v) is 12.4. The van der Waals surface area contributed by atoms with Crippen molar-refractivity contribution >= 4 is 27.5 Å². The van der Waals surface area contributed by atoms with Crippen molar-refractivity contribution in [3.05, 3.63) is 98.9 Å². The number of carbonyl (C=O) groups is 1. The van der Waals surface area contributed by atoms with Crippen LogP contribution in [0.1, 0.15) is 35.3 Å². The van der Waals surface area contributed by atoms with E-state index in [1.807, 2.05) is 24.3 Å². The van der Waals surface area contributed by atoms with E-state index >= 15 is 0 Å². The molecule has 0 aliphatic heterocycles. The van der Waals surface area contributed by atoms with Crippen molar-refractivity contribution < 1.29 is 13.2 Å². The van der Waals surface area contributed by atoms with E-state index in [0.29, 0.717) is 19.6 Å². The second kappa shape index (κ2) is 10.8. The summed E-state index contributed by atoms with van der Waals surface area (Å²) in [5.74, 6) is -0.400. The van der Waals surface area contributed by atoms with Gasteiger partial charge in [0.15, 0.2) is 0 Å². The Morgan fingerprint density at radius 2 is 1.67 bits per heavy atom. The molecule has 1 amide bonds. The van der Waals surface area contributed by atoms with Crippen molar-refractivity contribution in [3.8, 4) is 0 Å². The predicted molar refractivity (Wildman–Crippen MR) is 129 cm³/mol. The summed E-state index contributed by atoms with van der Waals surface area (Å²) in [6.07, 6.45) is 1.73. The third-order valence-electron chi connectivity index (χ3n) is 5.24. The first-order valence-electron chi connectivity index (χ1n) is 10.6. The fourth-order valence-corrected chi connectivity index (χ4v) is 5.34. The molecule has 1 N–H and O–H groups in total. The van der Waals surface area contributed by atoms with Gasteiger partial charge in [-0.2, -0.15) is 4.31 Å². The van der Waals surface area contributed by atoms with Crippen LogP contribution in [0.4, 0.5) is 0 Å². The van der Waals surface area contributed by atoms with Crippen molar-refractivity contribution in [2.75, 3.05) is 13.1 Å². The molecule has 0 unspecified atom stereocenters. The molecule has 0 bridgehead atoms. The van der Waals surface area contributed by atoms with Gasteiger partial charge >= 0.3 is 0 Å². The zero-order valence-electron chi connectivity index (χ0n) is 18.5. The summed E-state index contributed by atoms with van der Waals surface area (Å²) in [6, 6.07) is 16.8. The van der Waals surface area contributed by atoms with Crippen molar-refractivity contribution in [2.45, 2.75) is 31.8 Å². The quantitative estimate of drug-likeness (QED) is 0.500. The molecule has 0 spiro atoms. The summed E-state index contributed by atoms with van der Waals surface area (Å²) in [7, 11) is -3.79. The summed E-state index contributed by atoms with van der Waals surface area (Å²) >= 11 is 6.14. The molecule has 1 aromatic heterocycles. The minimum absolute atomic E-state index is 0.0702. The first kappa shape index (κ1) is 24.7. The van der Waals surface area contributed by atoms with Crippen LogP contribution in [0, 0.1) is 0 Å². The van der Waals surface area contributed by atoms with Gasteiger partial charge in [-0.3, -0.25) is 9.59 Å². The maximum atomic E-state index is 12.8. The van der Waals surface area contributed by atoms with Crippen LogP contribution in [0.15, 0.2) is 76.6 Å². The lowest BCUT2D eigenvalue weighted by Gasteiger charge is -2.19. The predicted octanol–water partition coefficient (Wildman–Crippen LogP) is 3.51. The number of nitrogens with one attached hydrogen (secondary N) is 1. The lowest BCUT2D eigenvalue weighted by Crippen LogP contribution is -2.31. The highest BCUT2D eigenvalue weighted by molar-refractivity contribution is 7.89. The highest BCUT2D eigenvalue weighted by Crippen LogP contribution is 2.26. The molecule has 3 aromatic rings. The number of benzene rings is 2. The van der Waals surface area contributed by atoms with E-state index in [2.05, 4.69) is 5.32 Å². The highest BCUT2D eigenvalue weighted by atomic mass is 35.5. The summed E-state index contributed by atoms with van der Waals surface area (Å²) in [5, 5.41) is 2.88. The van der Waals surface area contributed by atoms with Crippen LogP contribution >= 0.6 is 11.6 Å². The Morgan fingerprint density at radius 1 is 1.00 bits per heavy atom. The third-order valence-corrected chi connectivity index (χ3v) is 7.78. The second-order valence-corrected chi connectivity index (χ2v) is 9.71. The first-order chi connectivity index (χ1) is 15.8. The van der Waals surface area contributed by atoms with Gasteiger partial charge in [-0.25, -0.2) is 8.42 Å². The Labute approximate surface area is 198 Å². The number of hydrogen-bond donors (Lipinski definition) is 1. The molecule has 0 radical (unpaired) electrons. The van der Waals surface area contributed by atoms with Crippen molar-refractivity contribution in [3.63, 3.8) is 0 Å². The van der Waals surface area contributed by atoms with E-state index in [1.165, 1.54) is 28.6 Å². The number of hydrogen-bond acceptors (Lipinski definition) is 4. The summed E-state index contributed by atoms with van der Waals surface area (Å²) in [6.45, 7) is 4.83. The van der Waals surface area contributed by atoms with E-state index in [-0.39, 0.29) is 27.6 Å². The lowest BCUT2D eigenvalue weighted by molar-refractivity contribution is 0.0950. The SMILES string of the molecule is CCN(CC)S(=O)(=O)c1cc(C(=O)NCc2ccc(Cn3ccccc3=O)cc2)ccc1Cl. The highest BCUT2D eigenvalue weighted by Gasteiger charge is 2.25. The maximum absolute atomic E-state index is 12.8. The fourth-order valence-electron chi connectivity index (χ4n) is 3.38. The van der Waals surface area contributed by atoms with Crippen LogP contribution in [0.2, 0.25) is 5.02 Å². The van der Waals surface area contributed by atoms with Gasteiger partial charge < -0.3 is 9.88 Å². The van der Waals surface area contributed by atoms with Gasteiger partial charge in [0, 0.05) is 37.5 Å². The minimum atomic E-state index is -3.79. The monoisotopic (exact) mass is 487 g/mol. The standard InChI is InChI=1S/C24H26ClN3O4S/c1-3-28(4-2)33(31,32)22-15-20(12-13-21(22)25)24(30)26-16-18-8-10-19(11-9-18)17-27-14-6-5-7-23(27)29/h5-15H,3-4,16-17H2,1-2H3,(H,26,30). The molecular weight excluding hydrogens is 462 g/mol. The fraction of sp³-hybridized carbons (Fsp3) is 0.250. The number of sulfonamides is 1. The average Bonchev–Trinajstić information content (AvgIpc) is 2.80. The van der Waals surface area contributed by atoms with E-state index in [9.17, 15) is 18.0 Å². The number of halogens is 1. The number of aromatic nitrogens is 1. The molecule has 2 aromatic carbocycles. The lowest BCUT2D eigenvalue weighted by atomic mass is 10.1. The normalized spacial score (nSPS) is 11.5. The van der Waals surface area contributed by atoms with E-state index in [1.54, 1.807) is 36.7 Å². The van der Waals surface area contributed by atoms with Crippen LogP contribution in [-0.2, 0) is 23.1 Å². The van der Waals surface area contributed by atoms with Crippen LogP contribution < -0.4 is 10.9 Å². The Hall–Kier alpha value is -2.94. The number of nitrogens with zero attached hydrogens (tertiary/aromatic N) is 2. The Bertz CT molecular complexity index is 1280. The topological polar surface area (TPSA) is 88.5 Å². The van der Waals surface area contributed by atoms with Crippen molar-refractivity contribution in [1.29, 1.82) is 0 Å². The van der Waals surface area contributed by atoms with Crippen LogP contribution in [0.5, 0.6) is 0 Å². The van der Waals surface area contributed by atoms with Crippen LogP contribution in [-0.4, -0.2) is 36.3 Å². The van der Waals surface area contributed by atoms with Crippen molar-refractivity contribution in [2.24, 2.45) is 0 Å². The molecule has 3 rings (SSSR count). The third kappa shape index (κ3) is 5.90. The van der Waals surface area contributed by atoms with Gasteiger partial charge in [-0.1, -0.05) is 55.8 Å². The summed E-state index contributed by atoms with van der Waals surface area (Å²) < 4.78 is 28.6. The molecular formula is C24H26ClN3O4S. The molecule has 0 aliphatic carbocycles. The number of pyridine rings is 1. The molecule has 0 atom stereocenters. The van der Waals surface area contributed by atoms with Crippen LogP contribution in [0.25, 0.3) is 0 Å². The van der Waals surface area contributed by atoms with E-state index < -0.39 is 15.9 Å². The van der Waals surface area contributed by atoms with E-state index in [4.69, 9.17) is 11.6 Å². The molecule has 7 nitrogen and oxygen atoms in total. The number of amides is 1. The zero-order chi connectivity index (χ0) is 24.0. The van der Waals surface area contributed by atoms with Gasteiger partial charge in [0.1, 0.15) is 4.90 Å². The Morgan fingerprint density at radius 3 is 2.30 bits per heavy atom. The van der Waals surface area contributed by atoms with Gasteiger partial charge in [0.2, 0.25) is 10.0 Å². The van der Waals surface area contributed by atoms with Gasteiger partial charge in [0.25, 0.3) is 11.5 Å². The van der Waals surface area contributed by atoms with Gasteiger partial charge in [-0.05, 0) is 35.4 Å². The molecule has 9 heteroatoms. The molecule has 0 saturated carbocycles.